The molecule has 1 N–H and O–H groups in total. The van der Waals surface area contributed by atoms with Gasteiger partial charge in [0.1, 0.15) is 12.4 Å². The predicted molar refractivity (Wildman–Crippen MR) is 91.5 cm³/mol. The number of nitrogens with one attached hydrogen (secondary N) is 1. The molecule has 1 atom stereocenters. The van der Waals surface area contributed by atoms with E-state index in [1.807, 2.05) is 18.2 Å². The highest BCUT2D eigenvalue weighted by molar-refractivity contribution is 9.10. The SMILES string of the molecule is C=CCOc1ccc(CN[C@H](C)c2ccccc2Br)cc1. The normalized spacial score (nSPS) is 11.9. The number of hydrogen-bond donors (Lipinski definition) is 1. The first-order valence-electron chi connectivity index (χ1n) is 7.01. The standard InChI is InChI=1S/C18H20BrNO/c1-3-12-21-16-10-8-15(9-11-16)13-20-14(2)17-6-4-5-7-18(17)19/h3-11,14,20H,1,12-13H2,2H3/t14-/m1/s1. The molecule has 21 heavy (non-hydrogen) atoms. The third kappa shape index (κ3) is 4.73. The van der Waals surface area contributed by atoms with Crippen molar-refractivity contribution < 1.29 is 4.74 Å². The highest BCUT2D eigenvalue weighted by Gasteiger charge is 2.07. The first-order valence-corrected chi connectivity index (χ1v) is 7.80. The Kier molecular flexibility index (Phi) is 6.03. The van der Waals surface area contributed by atoms with Crippen molar-refractivity contribution in [3.05, 3.63) is 76.8 Å². The van der Waals surface area contributed by atoms with Gasteiger partial charge in [-0.3, -0.25) is 0 Å². The number of hydrogen-bond acceptors (Lipinski definition) is 2. The molecule has 0 saturated carbocycles. The van der Waals surface area contributed by atoms with Crippen molar-refractivity contribution in [2.45, 2.75) is 19.5 Å². The van der Waals surface area contributed by atoms with E-state index in [-0.39, 0.29) is 6.04 Å². The van der Waals surface area contributed by atoms with Gasteiger partial charge in [0.05, 0.1) is 0 Å². The van der Waals surface area contributed by atoms with Crippen molar-refractivity contribution in [1.82, 2.24) is 5.32 Å². The third-order valence-corrected chi connectivity index (χ3v) is 4.00. The molecule has 0 fully saturated rings. The maximum absolute atomic E-state index is 5.48. The third-order valence-electron chi connectivity index (χ3n) is 3.28. The second kappa shape index (κ2) is 8.01. The fourth-order valence-electron chi connectivity index (χ4n) is 2.07. The average molecular weight is 346 g/mol. The van der Waals surface area contributed by atoms with Gasteiger partial charge >= 0.3 is 0 Å². The molecule has 0 amide bonds. The van der Waals surface area contributed by atoms with Gasteiger partial charge in [0.25, 0.3) is 0 Å². The molecule has 2 aromatic carbocycles. The lowest BCUT2D eigenvalue weighted by Crippen LogP contribution is -2.18. The van der Waals surface area contributed by atoms with Crippen LogP contribution in [0.25, 0.3) is 0 Å². The van der Waals surface area contributed by atoms with Crippen LogP contribution in [0.15, 0.2) is 65.7 Å². The van der Waals surface area contributed by atoms with Gasteiger partial charge in [0.2, 0.25) is 0 Å². The van der Waals surface area contributed by atoms with E-state index in [1.165, 1.54) is 11.1 Å². The Hall–Kier alpha value is -1.58. The van der Waals surface area contributed by atoms with Crippen LogP contribution in [-0.4, -0.2) is 6.61 Å². The summed E-state index contributed by atoms with van der Waals surface area (Å²) in [4.78, 5) is 0. The summed E-state index contributed by atoms with van der Waals surface area (Å²) in [6.07, 6.45) is 1.74. The van der Waals surface area contributed by atoms with E-state index in [0.717, 1.165) is 16.8 Å². The predicted octanol–water partition coefficient (Wildman–Crippen LogP) is 4.86. The largest absolute Gasteiger partial charge is 0.490 e. The Morgan fingerprint density at radius 3 is 2.57 bits per heavy atom. The van der Waals surface area contributed by atoms with Crippen LogP contribution in [0.3, 0.4) is 0 Å². The minimum absolute atomic E-state index is 0.289. The molecule has 2 rings (SSSR count). The zero-order chi connectivity index (χ0) is 15.1. The first-order chi connectivity index (χ1) is 10.2. The molecule has 0 aliphatic rings. The lowest BCUT2D eigenvalue weighted by Gasteiger charge is -2.16. The van der Waals surface area contributed by atoms with Gasteiger partial charge < -0.3 is 10.1 Å². The highest BCUT2D eigenvalue weighted by atomic mass is 79.9. The van der Waals surface area contributed by atoms with E-state index >= 15 is 0 Å². The fraction of sp³-hybridized carbons (Fsp3) is 0.222. The van der Waals surface area contributed by atoms with Gasteiger partial charge in [-0.15, -0.1) is 0 Å². The quantitative estimate of drug-likeness (QED) is 0.723. The molecule has 0 bridgehead atoms. The van der Waals surface area contributed by atoms with Crippen LogP contribution < -0.4 is 10.1 Å². The molecule has 0 heterocycles. The lowest BCUT2D eigenvalue weighted by molar-refractivity contribution is 0.363. The number of benzene rings is 2. The molecule has 0 aliphatic heterocycles. The number of ether oxygens (including phenoxy) is 1. The average Bonchev–Trinajstić information content (AvgIpc) is 2.52. The minimum Gasteiger partial charge on any atom is -0.490 e. The molecule has 0 unspecified atom stereocenters. The summed E-state index contributed by atoms with van der Waals surface area (Å²) in [7, 11) is 0. The van der Waals surface area contributed by atoms with Crippen molar-refractivity contribution in [3.8, 4) is 5.75 Å². The molecular weight excluding hydrogens is 326 g/mol. The summed E-state index contributed by atoms with van der Waals surface area (Å²) >= 11 is 3.59. The van der Waals surface area contributed by atoms with Crippen LogP contribution in [0.2, 0.25) is 0 Å². The summed E-state index contributed by atoms with van der Waals surface area (Å²) in [5, 5.41) is 3.53. The van der Waals surface area contributed by atoms with Crippen molar-refractivity contribution in [2.24, 2.45) is 0 Å². The Morgan fingerprint density at radius 2 is 1.90 bits per heavy atom. The zero-order valence-corrected chi connectivity index (χ0v) is 13.8. The topological polar surface area (TPSA) is 21.3 Å². The van der Waals surface area contributed by atoms with Gasteiger partial charge in [0.15, 0.2) is 0 Å². The summed E-state index contributed by atoms with van der Waals surface area (Å²) < 4.78 is 6.61. The molecule has 0 spiro atoms. The van der Waals surface area contributed by atoms with Crippen LogP contribution in [-0.2, 0) is 6.54 Å². The second-order valence-electron chi connectivity index (χ2n) is 4.87. The van der Waals surface area contributed by atoms with Gasteiger partial charge in [-0.1, -0.05) is 58.9 Å². The Balaban J connectivity index is 1.90. The molecule has 2 nitrogen and oxygen atoms in total. The molecule has 3 heteroatoms. The van der Waals surface area contributed by atoms with Gasteiger partial charge in [-0.25, -0.2) is 0 Å². The van der Waals surface area contributed by atoms with Crippen LogP contribution >= 0.6 is 15.9 Å². The second-order valence-corrected chi connectivity index (χ2v) is 5.72. The van der Waals surface area contributed by atoms with E-state index in [0.29, 0.717) is 6.61 Å². The summed E-state index contributed by atoms with van der Waals surface area (Å²) in [5.74, 6) is 0.873. The summed E-state index contributed by atoms with van der Waals surface area (Å²) in [5.41, 5.74) is 2.50. The molecule has 0 aromatic heterocycles. The van der Waals surface area contributed by atoms with Crippen LogP contribution in [0, 0.1) is 0 Å². The lowest BCUT2D eigenvalue weighted by atomic mass is 10.1. The van der Waals surface area contributed by atoms with Crippen molar-refractivity contribution in [3.63, 3.8) is 0 Å². The first kappa shape index (κ1) is 15.8. The molecular formula is C18H20BrNO. The zero-order valence-electron chi connectivity index (χ0n) is 12.2. The van der Waals surface area contributed by atoms with Crippen LogP contribution in [0.1, 0.15) is 24.1 Å². The van der Waals surface area contributed by atoms with Crippen molar-refractivity contribution in [2.75, 3.05) is 6.61 Å². The molecule has 0 radical (unpaired) electrons. The monoisotopic (exact) mass is 345 g/mol. The van der Waals surface area contributed by atoms with E-state index in [4.69, 9.17) is 4.74 Å². The van der Waals surface area contributed by atoms with Gasteiger partial charge in [-0.2, -0.15) is 0 Å². The number of rotatable bonds is 7. The molecule has 0 aliphatic carbocycles. The minimum atomic E-state index is 0.289. The van der Waals surface area contributed by atoms with E-state index in [2.05, 4.69) is 65.1 Å². The summed E-state index contributed by atoms with van der Waals surface area (Å²) in [6, 6.07) is 16.7. The molecule has 2 aromatic rings. The Bertz CT molecular complexity index is 580. The van der Waals surface area contributed by atoms with E-state index in [1.54, 1.807) is 6.08 Å². The smallest absolute Gasteiger partial charge is 0.119 e. The number of halogens is 1. The Labute approximate surface area is 135 Å². The molecule has 0 saturated heterocycles. The van der Waals surface area contributed by atoms with Gasteiger partial charge in [-0.05, 0) is 36.2 Å². The highest BCUT2D eigenvalue weighted by Crippen LogP contribution is 2.23. The van der Waals surface area contributed by atoms with E-state index in [9.17, 15) is 0 Å². The van der Waals surface area contributed by atoms with Gasteiger partial charge in [0, 0.05) is 17.1 Å². The van der Waals surface area contributed by atoms with E-state index < -0.39 is 0 Å². The maximum Gasteiger partial charge on any atom is 0.119 e. The van der Waals surface area contributed by atoms with Crippen LogP contribution in [0.5, 0.6) is 5.75 Å². The summed E-state index contributed by atoms with van der Waals surface area (Å²) in [6.45, 7) is 7.17. The van der Waals surface area contributed by atoms with Crippen LogP contribution in [0.4, 0.5) is 0 Å². The van der Waals surface area contributed by atoms with Crippen molar-refractivity contribution >= 4 is 15.9 Å². The van der Waals surface area contributed by atoms with Crippen molar-refractivity contribution in [1.29, 1.82) is 0 Å². The fourth-order valence-corrected chi connectivity index (χ4v) is 2.69. The maximum atomic E-state index is 5.48. The Morgan fingerprint density at radius 1 is 1.19 bits per heavy atom. The molecule has 110 valence electrons.